The summed E-state index contributed by atoms with van der Waals surface area (Å²) < 4.78 is 16.8. The molecule has 142 valence electrons. The van der Waals surface area contributed by atoms with Crippen molar-refractivity contribution in [3.63, 3.8) is 0 Å². The molecule has 8 heteroatoms. The molecular formula is C19H23FN6O. The van der Waals surface area contributed by atoms with E-state index in [1.165, 1.54) is 12.1 Å². The highest BCUT2D eigenvalue weighted by Crippen LogP contribution is 2.11. The van der Waals surface area contributed by atoms with Crippen molar-refractivity contribution in [1.82, 2.24) is 24.9 Å². The lowest BCUT2D eigenvalue weighted by molar-refractivity contribution is 0.247. The Hall–Kier alpha value is -3.16. The van der Waals surface area contributed by atoms with Crippen molar-refractivity contribution in [2.24, 2.45) is 0 Å². The van der Waals surface area contributed by atoms with E-state index >= 15 is 0 Å². The fourth-order valence-electron chi connectivity index (χ4n) is 2.91. The zero-order chi connectivity index (χ0) is 19.4. The summed E-state index contributed by atoms with van der Waals surface area (Å²) in [6.07, 6.45) is 1.59. The van der Waals surface area contributed by atoms with Crippen LogP contribution in [-0.4, -0.2) is 31.6 Å². The summed E-state index contributed by atoms with van der Waals surface area (Å²) >= 11 is 0. The zero-order valence-corrected chi connectivity index (χ0v) is 15.6. The first-order valence-electron chi connectivity index (χ1n) is 8.75. The topological polar surface area (TPSA) is 76.8 Å². The number of aryl methyl sites for hydroxylation is 2. The number of benzene rings is 1. The summed E-state index contributed by atoms with van der Waals surface area (Å²) in [6, 6.07) is 9.56. The molecule has 27 heavy (non-hydrogen) atoms. The van der Waals surface area contributed by atoms with Gasteiger partial charge in [-0.25, -0.2) is 13.9 Å². The minimum absolute atomic E-state index is 0.109. The van der Waals surface area contributed by atoms with Crippen molar-refractivity contribution < 1.29 is 9.18 Å². The van der Waals surface area contributed by atoms with Crippen LogP contribution in [0.3, 0.4) is 0 Å². The molecule has 0 aliphatic carbocycles. The van der Waals surface area contributed by atoms with Crippen LogP contribution in [0.5, 0.6) is 0 Å². The highest BCUT2D eigenvalue weighted by atomic mass is 19.1. The molecule has 0 radical (unpaired) electrons. The van der Waals surface area contributed by atoms with Gasteiger partial charge in [0.25, 0.3) is 0 Å². The van der Waals surface area contributed by atoms with Crippen molar-refractivity contribution in [2.45, 2.75) is 39.9 Å². The Bertz CT molecular complexity index is 932. The summed E-state index contributed by atoms with van der Waals surface area (Å²) in [4.78, 5) is 12.3. The number of urea groups is 1. The normalized spacial score (nSPS) is 12.0. The van der Waals surface area contributed by atoms with Gasteiger partial charge in [0.05, 0.1) is 25.0 Å². The highest BCUT2D eigenvalue weighted by molar-refractivity contribution is 5.88. The SMILES string of the molecule is Cc1cc(C)n(C[C@H](C)NC(=O)Nc2ccnn2Cc2cccc(F)c2)n1. The monoisotopic (exact) mass is 370 g/mol. The van der Waals surface area contributed by atoms with E-state index in [2.05, 4.69) is 20.8 Å². The van der Waals surface area contributed by atoms with Gasteiger partial charge in [0.1, 0.15) is 11.6 Å². The lowest BCUT2D eigenvalue weighted by atomic mass is 10.2. The molecular weight excluding hydrogens is 347 g/mol. The minimum atomic E-state index is -0.329. The molecule has 7 nitrogen and oxygen atoms in total. The molecule has 2 aromatic heterocycles. The third kappa shape index (κ3) is 4.93. The van der Waals surface area contributed by atoms with Gasteiger partial charge in [-0.05, 0) is 44.5 Å². The Morgan fingerprint density at radius 2 is 2.04 bits per heavy atom. The average Bonchev–Trinajstić information content (AvgIpc) is 3.13. The molecule has 0 fully saturated rings. The molecule has 0 saturated carbocycles. The molecule has 0 saturated heterocycles. The predicted octanol–water partition coefficient (Wildman–Crippen LogP) is 3.09. The van der Waals surface area contributed by atoms with Crippen molar-refractivity contribution >= 4 is 11.8 Å². The number of carbonyl (C=O) groups is 1. The standard InChI is InChI=1S/C19H23FN6O/c1-13-9-15(3)25(24-13)11-14(2)22-19(27)23-18-7-8-21-26(18)12-16-5-4-6-17(20)10-16/h4-10,14H,11-12H2,1-3H3,(H2,22,23,27)/t14-/m0/s1. The molecule has 2 N–H and O–H groups in total. The number of nitrogens with zero attached hydrogens (tertiary/aromatic N) is 4. The Balaban J connectivity index is 1.58. The van der Waals surface area contributed by atoms with Crippen LogP contribution >= 0.6 is 0 Å². The first kappa shape index (κ1) is 18.6. The largest absolute Gasteiger partial charge is 0.334 e. The number of anilines is 1. The first-order chi connectivity index (χ1) is 12.9. The number of hydrogen-bond acceptors (Lipinski definition) is 3. The lowest BCUT2D eigenvalue weighted by Crippen LogP contribution is -2.39. The van der Waals surface area contributed by atoms with E-state index in [9.17, 15) is 9.18 Å². The smallest absolute Gasteiger partial charge is 0.320 e. The van der Waals surface area contributed by atoms with Crippen molar-refractivity contribution in [3.8, 4) is 0 Å². The van der Waals surface area contributed by atoms with Crippen LogP contribution in [0, 0.1) is 19.7 Å². The Morgan fingerprint density at radius 3 is 2.74 bits per heavy atom. The number of rotatable bonds is 6. The zero-order valence-electron chi connectivity index (χ0n) is 15.6. The van der Waals surface area contributed by atoms with Crippen molar-refractivity contribution in [1.29, 1.82) is 0 Å². The van der Waals surface area contributed by atoms with Crippen LogP contribution in [0.15, 0.2) is 42.6 Å². The lowest BCUT2D eigenvalue weighted by Gasteiger charge is -2.16. The van der Waals surface area contributed by atoms with Crippen LogP contribution < -0.4 is 10.6 Å². The summed E-state index contributed by atoms with van der Waals surface area (Å²) in [6.45, 7) is 6.78. The van der Waals surface area contributed by atoms with E-state index < -0.39 is 0 Å². The van der Waals surface area contributed by atoms with Gasteiger partial charge in [0, 0.05) is 17.8 Å². The number of hydrogen-bond donors (Lipinski definition) is 2. The maximum absolute atomic E-state index is 13.3. The average molecular weight is 370 g/mol. The van der Waals surface area contributed by atoms with Crippen molar-refractivity contribution in [3.05, 3.63) is 65.4 Å². The Labute approximate surface area is 157 Å². The van der Waals surface area contributed by atoms with Gasteiger partial charge < -0.3 is 5.32 Å². The molecule has 0 unspecified atom stereocenters. The molecule has 0 aliphatic heterocycles. The number of amides is 2. The fourth-order valence-corrected chi connectivity index (χ4v) is 2.91. The van der Waals surface area contributed by atoms with E-state index in [1.807, 2.05) is 37.6 Å². The molecule has 0 aliphatic rings. The van der Waals surface area contributed by atoms with E-state index in [4.69, 9.17) is 0 Å². The van der Waals surface area contributed by atoms with Crippen LogP contribution in [0.1, 0.15) is 23.9 Å². The van der Waals surface area contributed by atoms with Gasteiger partial charge in [-0.15, -0.1) is 0 Å². The Kier molecular flexibility index (Phi) is 5.54. The van der Waals surface area contributed by atoms with Crippen LogP contribution in [0.25, 0.3) is 0 Å². The maximum Gasteiger partial charge on any atom is 0.320 e. The summed E-state index contributed by atoms with van der Waals surface area (Å²) in [5.41, 5.74) is 2.76. The summed E-state index contributed by atoms with van der Waals surface area (Å²) in [5, 5.41) is 14.3. The molecule has 2 heterocycles. The van der Waals surface area contributed by atoms with Gasteiger partial charge in [0.2, 0.25) is 0 Å². The number of halogens is 1. The molecule has 3 aromatic rings. The van der Waals surface area contributed by atoms with Gasteiger partial charge >= 0.3 is 6.03 Å². The highest BCUT2D eigenvalue weighted by Gasteiger charge is 2.12. The third-order valence-corrected chi connectivity index (χ3v) is 4.11. The van der Waals surface area contributed by atoms with Crippen molar-refractivity contribution in [2.75, 3.05) is 5.32 Å². The molecule has 1 aromatic carbocycles. The molecule has 3 rings (SSSR count). The number of carbonyl (C=O) groups excluding carboxylic acids is 1. The van der Waals surface area contributed by atoms with Crippen LogP contribution in [0.2, 0.25) is 0 Å². The summed E-state index contributed by atoms with van der Waals surface area (Å²) in [5.74, 6) is 0.236. The fraction of sp³-hybridized carbons (Fsp3) is 0.316. The molecule has 1 atom stereocenters. The van der Waals surface area contributed by atoms with E-state index in [1.54, 1.807) is 23.0 Å². The van der Waals surface area contributed by atoms with Gasteiger partial charge in [-0.3, -0.25) is 10.00 Å². The Morgan fingerprint density at radius 1 is 1.22 bits per heavy atom. The second-order valence-corrected chi connectivity index (χ2v) is 6.61. The van der Waals surface area contributed by atoms with Crippen LogP contribution in [-0.2, 0) is 13.1 Å². The van der Waals surface area contributed by atoms with Gasteiger partial charge in [-0.2, -0.15) is 10.2 Å². The molecule has 2 amide bonds. The molecule has 0 bridgehead atoms. The van der Waals surface area contributed by atoms with E-state index in [0.29, 0.717) is 18.9 Å². The van der Waals surface area contributed by atoms with Gasteiger partial charge in [0.15, 0.2) is 0 Å². The number of aromatic nitrogens is 4. The molecule has 0 spiro atoms. The quantitative estimate of drug-likeness (QED) is 0.700. The summed E-state index contributed by atoms with van der Waals surface area (Å²) in [7, 11) is 0. The predicted molar refractivity (Wildman–Crippen MR) is 101 cm³/mol. The van der Waals surface area contributed by atoms with E-state index in [-0.39, 0.29) is 17.9 Å². The van der Waals surface area contributed by atoms with Gasteiger partial charge in [-0.1, -0.05) is 12.1 Å². The number of nitrogens with one attached hydrogen (secondary N) is 2. The second kappa shape index (κ2) is 8.03. The third-order valence-electron chi connectivity index (χ3n) is 4.11. The van der Waals surface area contributed by atoms with E-state index in [0.717, 1.165) is 17.0 Å². The van der Waals surface area contributed by atoms with Crippen LogP contribution in [0.4, 0.5) is 15.0 Å². The first-order valence-corrected chi connectivity index (χ1v) is 8.75. The minimum Gasteiger partial charge on any atom is -0.334 e. The maximum atomic E-state index is 13.3. The second-order valence-electron chi connectivity index (χ2n) is 6.61.